The molecule has 0 saturated carbocycles. The van der Waals surface area contributed by atoms with E-state index in [9.17, 15) is 12.8 Å². The summed E-state index contributed by atoms with van der Waals surface area (Å²) in [6.45, 7) is 2.82. The lowest BCUT2D eigenvalue weighted by atomic mass is 10.4. The Morgan fingerprint density at radius 3 is 2.50 bits per heavy atom. The summed E-state index contributed by atoms with van der Waals surface area (Å²) in [7, 11) is -2.14. The van der Waals surface area contributed by atoms with Crippen molar-refractivity contribution in [3.63, 3.8) is 0 Å². The molecule has 7 heteroatoms. The molecule has 0 N–H and O–H groups in total. The van der Waals surface area contributed by atoms with E-state index in [0.717, 1.165) is 17.8 Å². The predicted octanol–water partition coefficient (Wildman–Crippen LogP) is 1.86. The van der Waals surface area contributed by atoms with Crippen molar-refractivity contribution in [3.8, 4) is 0 Å². The summed E-state index contributed by atoms with van der Waals surface area (Å²) in [5.41, 5.74) is 0.806. The van der Waals surface area contributed by atoms with Crippen molar-refractivity contribution < 1.29 is 12.8 Å². The Balaban J connectivity index is 2.23. The van der Waals surface area contributed by atoms with E-state index in [4.69, 9.17) is 0 Å². The Morgan fingerprint density at radius 1 is 1.25 bits per heavy atom. The zero-order chi connectivity index (χ0) is 14.8. The van der Waals surface area contributed by atoms with Gasteiger partial charge in [-0.15, -0.1) is 0 Å². The molecule has 2 aromatic rings. The summed E-state index contributed by atoms with van der Waals surface area (Å²) >= 11 is 0. The lowest BCUT2D eigenvalue weighted by Crippen LogP contribution is -2.27. The van der Waals surface area contributed by atoms with Crippen molar-refractivity contribution in [3.05, 3.63) is 48.0 Å². The zero-order valence-corrected chi connectivity index (χ0v) is 12.1. The summed E-state index contributed by atoms with van der Waals surface area (Å²) in [5.74, 6) is -0.462. The van der Waals surface area contributed by atoms with Crippen LogP contribution in [0.2, 0.25) is 0 Å². The number of sulfonamides is 1. The van der Waals surface area contributed by atoms with Crippen molar-refractivity contribution in [2.45, 2.75) is 24.9 Å². The minimum Gasteiger partial charge on any atom is -0.269 e. The monoisotopic (exact) mass is 297 g/mol. The van der Waals surface area contributed by atoms with Crippen LogP contribution < -0.4 is 0 Å². The van der Waals surface area contributed by atoms with Gasteiger partial charge in [0.1, 0.15) is 5.82 Å². The van der Waals surface area contributed by atoms with Gasteiger partial charge in [-0.1, -0.05) is 0 Å². The molecule has 0 aliphatic rings. The van der Waals surface area contributed by atoms with Crippen LogP contribution in [-0.2, 0) is 23.1 Å². The normalized spacial score (nSPS) is 12.0. The van der Waals surface area contributed by atoms with Gasteiger partial charge in [0.05, 0.1) is 17.1 Å². The fourth-order valence-corrected chi connectivity index (χ4v) is 3.02. The molecule has 0 saturated heterocycles. The summed E-state index contributed by atoms with van der Waals surface area (Å²) in [6.07, 6.45) is 1.64. The van der Waals surface area contributed by atoms with E-state index in [-0.39, 0.29) is 11.4 Å². The lowest BCUT2D eigenvalue weighted by molar-refractivity contribution is 0.447. The van der Waals surface area contributed by atoms with Gasteiger partial charge in [0.15, 0.2) is 0 Å². The Kier molecular flexibility index (Phi) is 4.20. The number of nitrogens with zero attached hydrogens (tertiary/aromatic N) is 3. The second-order valence-corrected chi connectivity index (χ2v) is 6.40. The highest BCUT2D eigenvalue weighted by Gasteiger charge is 2.21. The Labute approximate surface area is 117 Å². The van der Waals surface area contributed by atoms with Crippen LogP contribution in [-0.4, -0.2) is 29.6 Å². The van der Waals surface area contributed by atoms with E-state index < -0.39 is 15.8 Å². The van der Waals surface area contributed by atoms with Crippen LogP contribution in [0.15, 0.2) is 41.4 Å². The summed E-state index contributed by atoms with van der Waals surface area (Å²) in [5, 5.41) is 4.10. The molecule has 5 nitrogen and oxygen atoms in total. The minimum atomic E-state index is -3.63. The van der Waals surface area contributed by atoms with E-state index in [1.54, 1.807) is 16.9 Å². The predicted molar refractivity (Wildman–Crippen MR) is 73.0 cm³/mol. The summed E-state index contributed by atoms with van der Waals surface area (Å²) in [6, 6.07) is 6.57. The van der Waals surface area contributed by atoms with Gasteiger partial charge in [-0.3, -0.25) is 4.68 Å². The smallest absolute Gasteiger partial charge is 0.243 e. The van der Waals surface area contributed by atoms with Crippen molar-refractivity contribution in [2.75, 3.05) is 7.05 Å². The van der Waals surface area contributed by atoms with E-state index in [1.807, 2.05) is 6.92 Å². The molecule has 108 valence electrons. The van der Waals surface area contributed by atoms with Gasteiger partial charge in [-0.2, -0.15) is 9.40 Å². The molecule has 0 bridgehead atoms. The molecule has 0 atom stereocenters. The van der Waals surface area contributed by atoms with Crippen molar-refractivity contribution in [2.24, 2.45) is 0 Å². The molecule has 1 aromatic carbocycles. The topological polar surface area (TPSA) is 55.2 Å². The molecule has 0 aliphatic heterocycles. The lowest BCUT2D eigenvalue weighted by Gasteiger charge is -2.17. The average molecular weight is 297 g/mol. The molecule has 2 rings (SSSR count). The standard InChI is InChI=1S/C13H16FN3O2S/c1-3-17-12(8-9-15-17)10-16(2)20(18,19)13-6-4-11(14)5-7-13/h4-9H,3,10H2,1-2H3. The summed E-state index contributed by atoms with van der Waals surface area (Å²) < 4.78 is 40.5. The molecule has 0 spiro atoms. The molecule has 0 amide bonds. The molecular weight excluding hydrogens is 281 g/mol. The van der Waals surface area contributed by atoms with Crippen LogP contribution in [0.3, 0.4) is 0 Å². The maximum Gasteiger partial charge on any atom is 0.243 e. The van der Waals surface area contributed by atoms with Gasteiger partial charge in [0, 0.05) is 19.8 Å². The Hall–Kier alpha value is -1.73. The number of aromatic nitrogens is 2. The number of benzene rings is 1. The third-order valence-corrected chi connectivity index (χ3v) is 4.83. The molecule has 0 unspecified atom stereocenters. The highest BCUT2D eigenvalue weighted by atomic mass is 32.2. The number of hydrogen-bond acceptors (Lipinski definition) is 3. The van der Waals surface area contributed by atoms with Gasteiger partial charge in [0.2, 0.25) is 10.0 Å². The van der Waals surface area contributed by atoms with Gasteiger partial charge in [0.25, 0.3) is 0 Å². The third-order valence-electron chi connectivity index (χ3n) is 3.01. The van der Waals surface area contributed by atoms with Gasteiger partial charge >= 0.3 is 0 Å². The molecule has 0 fully saturated rings. The van der Waals surface area contributed by atoms with Crippen LogP contribution in [0.4, 0.5) is 4.39 Å². The largest absolute Gasteiger partial charge is 0.269 e. The molecule has 1 aromatic heterocycles. The first-order valence-corrected chi connectivity index (χ1v) is 7.61. The molecule has 0 aliphatic carbocycles. The van der Waals surface area contributed by atoms with E-state index in [2.05, 4.69) is 5.10 Å². The van der Waals surface area contributed by atoms with Gasteiger partial charge in [-0.05, 0) is 37.3 Å². The first kappa shape index (κ1) is 14.7. The minimum absolute atomic E-state index is 0.0731. The van der Waals surface area contributed by atoms with Gasteiger partial charge < -0.3 is 0 Å². The van der Waals surface area contributed by atoms with Crippen LogP contribution in [0.25, 0.3) is 0 Å². The number of hydrogen-bond donors (Lipinski definition) is 0. The van der Waals surface area contributed by atoms with E-state index in [1.165, 1.54) is 23.5 Å². The second-order valence-electron chi connectivity index (χ2n) is 4.35. The first-order chi connectivity index (χ1) is 9.45. The highest BCUT2D eigenvalue weighted by Crippen LogP contribution is 2.17. The van der Waals surface area contributed by atoms with Crippen LogP contribution in [0.5, 0.6) is 0 Å². The summed E-state index contributed by atoms with van der Waals surface area (Å²) in [4.78, 5) is 0.0731. The molecular formula is C13H16FN3O2S. The number of aryl methyl sites for hydroxylation is 1. The highest BCUT2D eigenvalue weighted by molar-refractivity contribution is 7.89. The maximum absolute atomic E-state index is 12.9. The molecule has 0 radical (unpaired) electrons. The average Bonchev–Trinajstić information content (AvgIpc) is 2.86. The fourth-order valence-electron chi connectivity index (χ4n) is 1.88. The van der Waals surface area contributed by atoms with Gasteiger partial charge in [-0.25, -0.2) is 12.8 Å². The third kappa shape index (κ3) is 2.88. The molecule has 20 heavy (non-hydrogen) atoms. The zero-order valence-electron chi connectivity index (χ0n) is 11.3. The number of halogens is 1. The Morgan fingerprint density at radius 2 is 1.90 bits per heavy atom. The maximum atomic E-state index is 12.9. The van der Waals surface area contributed by atoms with E-state index >= 15 is 0 Å². The van der Waals surface area contributed by atoms with Crippen LogP contribution in [0.1, 0.15) is 12.6 Å². The van der Waals surface area contributed by atoms with Crippen LogP contribution >= 0.6 is 0 Å². The SMILES string of the molecule is CCn1nccc1CN(C)S(=O)(=O)c1ccc(F)cc1. The van der Waals surface area contributed by atoms with Crippen molar-refractivity contribution >= 4 is 10.0 Å². The van der Waals surface area contributed by atoms with Crippen molar-refractivity contribution in [1.29, 1.82) is 0 Å². The van der Waals surface area contributed by atoms with Crippen LogP contribution in [0, 0.1) is 5.82 Å². The second kappa shape index (κ2) is 5.72. The van der Waals surface area contributed by atoms with Crippen molar-refractivity contribution in [1.82, 2.24) is 14.1 Å². The first-order valence-electron chi connectivity index (χ1n) is 6.17. The Bertz CT molecular complexity index is 680. The number of rotatable bonds is 5. The fraction of sp³-hybridized carbons (Fsp3) is 0.308. The molecule has 1 heterocycles. The quantitative estimate of drug-likeness (QED) is 0.846. The van der Waals surface area contributed by atoms with E-state index in [0.29, 0.717) is 6.54 Å².